The maximum Gasteiger partial charge on any atom is 0.407 e. The molecule has 26 nitrogen and oxygen atoms in total. The summed E-state index contributed by atoms with van der Waals surface area (Å²) in [6.45, 7) is -0.173. The molecule has 542 valence electrons. The minimum absolute atomic E-state index is 0.0194. The van der Waals surface area contributed by atoms with Crippen molar-refractivity contribution in [3.63, 3.8) is 0 Å². The number of rotatable bonds is 17. The number of hydrogen-bond acceptors (Lipinski definition) is 22. The minimum atomic E-state index is -2.43. The topological polar surface area (TPSA) is 384 Å². The molecule has 1 saturated heterocycles. The van der Waals surface area contributed by atoms with Gasteiger partial charge in [-0.05, 0) is 132 Å². The number of carbonyl (C=O) groups excluding carboxylic acids is 8. The third kappa shape index (κ3) is 13.2. The van der Waals surface area contributed by atoms with Gasteiger partial charge in [0.05, 0.1) is 109 Å². The molecule has 1 fully saturated rings. The SMILES string of the molecule is COC(=O)c1ccc(-c2c3nc(c(-c4ccc(C(=O)OC)cc4)c4ccc([nH]4)c(-c4ccc(C(=O)OC)cc4)c4nc(c(-c5ccc(C(=O)NCCOC(=O)N[C@H]6C[C@H](O[C@H]7C[C@](O)(C(=O)CO)Cc8c(O)c9c(c(O)c87)C(=O)c7c(OC)cccc7C9=O)O[C@@H](C)[C@H]6O)cc5)c5ccc2[nH]5)C=C4)C=C3)cc1. The molecule has 0 saturated carbocycles. The van der Waals surface area contributed by atoms with Crippen molar-refractivity contribution in [3.05, 3.63) is 218 Å². The highest BCUT2D eigenvalue weighted by Gasteiger charge is 2.51. The lowest BCUT2D eigenvalue weighted by Crippen LogP contribution is -2.56. The van der Waals surface area contributed by atoms with E-state index in [-0.39, 0.29) is 53.1 Å². The number of ketones is 3. The van der Waals surface area contributed by atoms with Crippen LogP contribution in [0.25, 0.3) is 90.9 Å². The fourth-order valence-electron chi connectivity index (χ4n) is 14.3. The Hall–Kier alpha value is -12.7. The molecule has 6 atom stereocenters. The fraction of sp³-hybridized carbons (Fsp3) is 0.210. The molecule has 3 aliphatic heterocycles. The highest BCUT2D eigenvalue weighted by molar-refractivity contribution is 6.31. The first kappa shape index (κ1) is 71.3. The van der Waals surface area contributed by atoms with E-state index in [9.17, 15) is 63.9 Å². The van der Waals surface area contributed by atoms with Gasteiger partial charge in [-0.1, -0.05) is 60.7 Å². The number of Topliss-reactive ketones (excluding diaryl/α,β-unsaturated/α-hetero) is 1. The standard InChI is InChI=1S/C81H68N6O20/c1-39-71(90)58(35-62(106-39)107-60-37-81(100,61(89)38-88)36-49-68(60)75(94)70-69(73(49)92)72(91)48-7-6-8-59(101-2)67(48)74(70)93)87-80(99)105-34-33-82-76(95)44-17-9-40(10-18-44)63-50-25-27-52(83-50)64(41-11-19-45(20-12-41)77(96)102-3)54-29-31-56(85-54)66(43-15-23-47(24-16-43)79(98)104-5)57-32-30-55(86-57)65(53-28-26-51(63)84-53)42-13-21-46(22-14-42)78(97)103-4/h6-32,39,58,60,62,71,83,86,88,90,92,94,100H,33-38H2,1-5H3,(H,82,95)(H,87,99)/t39-,58-,60-,62-,71+,81-/m0/s1. The third-order valence-corrected chi connectivity index (χ3v) is 19.7. The van der Waals surface area contributed by atoms with Crippen molar-refractivity contribution in [2.75, 3.05) is 48.2 Å². The Bertz CT molecular complexity index is 5370. The fourth-order valence-corrected chi connectivity index (χ4v) is 14.3. The molecule has 0 unspecified atom stereocenters. The Balaban J connectivity index is 0.738. The number of esters is 3. The Labute approximate surface area is 608 Å². The van der Waals surface area contributed by atoms with Gasteiger partial charge in [0.2, 0.25) is 5.78 Å². The highest BCUT2D eigenvalue weighted by Crippen LogP contribution is 2.53. The first-order valence-electron chi connectivity index (χ1n) is 33.9. The van der Waals surface area contributed by atoms with Crippen LogP contribution in [-0.4, -0.2) is 171 Å². The predicted octanol–water partition coefficient (Wildman–Crippen LogP) is 10.2. The third-order valence-electron chi connectivity index (χ3n) is 19.7. The zero-order chi connectivity index (χ0) is 75.3. The second kappa shape index (κ2) is 29.1. The molecule has 107 heavy (non-hydrogen) atoms. The summed E-state index contributed by atoms with van der Waals surface area (Å²) in [5.41, 5.74) is 6.98. The van der Waals surface area contributed by atoms with Crippen LogP contribution >= 0.6 is 0 Å². The number of methoxy groups -OCH3 is 4. The van der Waals surface area contributed by atoms with Crippen molar-refractivity contribution >= 4 is 93.6 Å². The van der Waals surface area contributed by atoms with Crippen LogP contribution in [0.2, 0.25) is 0 Å². The molecule has 9 aromatic rings. The van der Waals surface area contributed by atoms with Crippen LogP contribution in [0.15, 0.2) is 140 Å². The Morgan fingerprint density at radius 1 is 0.579 bits per heavy atom. The van der Waals surface area contributed by atoms with Gasteiger partial charge >= 0.3 is 24.0 Å². The molecule has 2 amide bonds. The predicted molar refractivity (Wildman–Crippen MR) is 389 cm³/mol. The average Bonchev–Trinajstić information content (AvgIpc) is 1.60. The van der Waals surface area contributed by atoms with Gasteiger partial charge in [-0.3, -0.25) is 19.2 Å². The van der Waals surface area contributed by atoms with Gasteiger partial charge in [-0.15, -0.1) is 0 Å². The Morgan fingerprint density at radius 2 is 1.03 bits per heavy atom. The molecule has 9 N–H and O–H groups in total. The van der Waals surface area contributed by atoms with Gasteiger partial charge in [0.25, 0.3) is 5.91 Å². The van der Waals surface area contributed by atoms with Gasteiger partial charge in [0, 0.05) is 85.8 Å². The number of benzene rings is 6. The normalized spacial score (nSPS) is 18.3. The summed E-state index contributed by atoms with van der Waals surface area (Å²) in [7, 11) is 5.22. The van der Waals surface area contributed by atoms with Crippen molar-refractivity contribution in [2.24, 2.45) is 0 Å². The van der Waals surface area contributed by atoms with E-state index in [0.29, 0.717) is 100 Å². The van der Waals surface area contributed by atoms with E-state index in [0.717, 1.165) is 5.56 Å². The number of ether oxygens (including phenoxy) is 7. The van der Waals surface area contributed by atoms with E-state index in [1.807, 2.05) is 85.0 Å². The van der Waals surface area contributed by atoms with Crippen LogP contribution in [0.3, 0.4) is 0 Å². The highest BCUT2D eigenvalue weighted by atomic mass is 16.7. The van der Waals surface area contributed by atoms with Crippen molar-refractivity contribution < 1.29 is 97.0 Å². The molecule has 8 bridgehead atoms. The number of nitrogens with zero attached hydrogens (tertiary/aromatic N) is 2. The number of hydrogen-bond donors (Lipinski definition) is 9. The number of H-pyrrole nitrogens is 2. The molecular weight excluding hydrogens is 1380 g/mol. The van der Waals surface area contributed by atoms with Gasteiger partial charge in [0.15, 0.2) is 17.9 Å². The van der Waals surface area contributed by atoms with Crippen LogP contribution in [0.4, 0.5) is 4.79 Å². The second-order valence-corrected chi connectivity index (χ2v) is 25.9. The lowest BCUT2D eigenvalue weighted by atomic mass is 9.72. The number of aromatic nitrogens is 4. The summed E-state index contributed by atoms with van der Waals surface area (Å²) >= 11 is 0. The number of aliphatic hydroxyl groups is 3. The number of phenolic OH excluding ortho intramolecular Hbond substituents is 2. The summed E-state index contributed by atoms with van der Waals surface area (Å²) in [5.74, 6) is -6.43. The molecule has 0 radical (unpaired) electrons. The average molecular weight is 1450 g/mol. The smallest absolute Gasteiger partial charge is 0.407 e. The second-order valence-electron chi connectivity index (χ2n) is 25.9. The number of alkyl carbamates (subject to hydrolysis) is 1. The van der Waals surface area contributed by atoms with Gasteiger partial charge in [-0.2, -0.15) is 0 Å². The molecule has 2 aliphatic carbocycles. The largest absolute Gasteiger partial charge is 0.507 e. The number of aromatic amines is 2. The summed E-state index contributed by atoms with van der Waals surface area (Å²) in [5, 5.41) is 62.3. The molecular formula is C81H68N6O20. The number of fused-ring (bicyclic) bond motifs is 11. The number of amides is 2. The number of nitrogens with one attached hydrogen (secondary N) is 4. The van der Waals surface area contributed by atoms with Gasteiger partial charge < -0.3 is 79.3 Å². The molecule has 0 spiro atoms. The number of aromatic hydroxyl groups is 2. The zero-order valence-corrected chi connectivity index (χ0v) is 58.0. The van der Waals surface area contributed by atoms with Crippen LogP contribution in [-0.2, 0) is 39.6 Å². The van der Waals surface area contributed by atoms with E-state index in [2.05, 4.69) is 20.6 Å². The molecule has 14 rings (SSSR count). The number of aliphatic hydroxyl groups excluding tert-OH is 2. The van der Waals surface area contributed by atoms with Crippen LogP contribution in [0.5, 0.6) is 17.2 Å². The van der Waals surface area contributed by atoms with Crippen molar-refractivity contribution in [3.8, 4) is 61.8 Å². The first-order chi connectivity index (χ1) is 51.6. The quantitative estimate of drug-likeness (QED) is 0.0177. The maximum absolute atomic E-state index is 14.2. The van der Waals surface area contributed by atoms with Crippen molar-refractivity contribution in [1.29, 1.82) is 0 Å². The van der Waals surface area contributed by atoms with Crippen LogP contribution in [0, 0.1) is 0 Å². The molecule has 3 aromatic heterocycles. The van der Waals surface area contributed by atoms with E-state index in [1.165, 1.54) is 53.6 Å². The number of carbonyl (C=O) groups is 8. The lowest BCUT2D eigenvalue weighted by Gasteiger charge is -2.42. The summed E-state index contributed by atoms with van der Waals surface area (Å²) in [6, 6.07) is 38.5. The lowest BCUT2D eigenvalue weighted by molar-refractivity contribution is -0.249. The summed E-state index contributed by atoms with van der Waals surface area (Å²) in [6.07, 6.45) is -0.483. The van der Waals surface area contributed by atoms with E-state index >= 15 is 0 Å². The van der Waals surface area contributed by atoms with Crippen molar-refractivity contribution in [1.82, 2.24) is 30.6 Å². The van der Waals surface area contributed by atoms with Gasteiger partial charge in [0.1, 0.15) is 42.2 Å². The first-order valence-corrected chi connectivity index (χ1v) is 33.9. The van der Waals surface area contributed by atoms with Gasteiger partial charge in [-0.25, -0.2) is 29.1 Å². The Morgan fingerprint density at radius 3 is 1.47 bits per heavy atom. The Kier molecular flexibility index (Phi) is 19.4. The van der Waals surface area contributed by atoms with E-state index in [1.54, 1.807) is 60.7 Å². The molecule has 26 heteroatoms. The number of phenols is 2. The zero-order valence-electron chi connectivity index (χ0n) is 58.0. The maximum atomic E-state index is 14.2. The summed E-state index contributed by atoms with van der Waals surface area (Å²) < 4.78 is 38.3. The molecule has 6 heterocycles. The van der Waals surface area contributed by atoms with Crippen LogP contribution in [0.1, 0.15) is 133 Å². The van der Waals surface area contributed by atoms with Crippen LogP contribution < -0.4 is 15.4 Å². The monoisotopic (exact) mass is 1440 g/mol. The van der Waals surface area contributed by atoms with E-state index < -0.39 is 126 Å². The molecule has 6 aromatic carbocycles. The summed E-state index contributed by atoms with van der Waals surface area (Å²) in [4.78, 5) is 125. The molecule has 5 aliphatic rings. The van der Waals surface area contributed by atoms with E-state index in [4.69, 9.17) is 43.1 Å². The van der Waals surface area contributed by atoms with Crippen molar-refractivity contribution in [2.45, 2.75) is 62.4 Å². The minimum Gasteiger partial charge on any atom is -0.507 e.